The van der Waals surface area contributed by atoms with E-state index in [9.17, 15) is 0 Å². The van der Waals surface area contributed by atoms with Gasteiger partial charge in [0.15, 0.2) is 0 Å². The molecule has 0 spiro atoms. The van der Waals surface area contributed by atoms with E-state index in [1.165, 1.54) is 0 Å². The van der Waals surface area contributed by atoms with Gasteiger partial charge in [-0.25, -0.2) is 4.98 Å². The molecule has 0 aliphatic heterocycles. The van der Waals surface area contributed by atoms with Crippen molar-refractivity contribution in [2.45, 2.75) is 20.3 Å². The summed E-state index contributed by atoms with van der Waals surface area (Å²) in [5, 5.41) is 8.99. The highest BCUT2D eigenvalue weighted by Crippen LogP contribution is 2.14. The molecular formula is C14H22N4. The molecule has 0 saturated carbocycles. The van der Waals surface area contributed by atoms with Gasteiger partial charge in [0, 0.05) is 18.8 Å². The minimum atomic E-state index is 0.684. The molecule has 0 atom stereocenters. The number of nitrogens with zero attached hydrogens (tertiary/aromatic N) is 4. The molecule has 0 bridgehead atoms. The van der Waals surface area contributed by atoms with Crippen molar-refractivity contribution < 1.29 is 0 Å². The van der Waals surface area contributed by atoms with Crippen LogP contribution in [0.15, 0.2) is 12.1 Å². The summed E-state index contributed by atoms with van der Waals surface area (Å²) in [4.78, 5) is 8.91. The summed E-state index contributed by atoms with van der Waals surface area (Å²) in [5.41, 5.74) is 1.58. The normalized spacial score (nSPS) is 10.4. The highest BCUT2D eigenvalue weighted by atomic mass is 15.2. The van der Waals surface area contributed by atoms with Gasteiger partial charge in [-0.1, -0.05) is 0 Å². The van der Waals surface area contributed by atoms with Crippen molar-refractivity contribution in [2.75, 3.05) is 38.6 Å². The molecule has 1 aromatic rings. The van der Waals surface area contributed by atoms with Crippen molar-refractivity contribution >= 4 is 5.82 Å². The SMILES string of the molecule is CCN(CCCN(C)C)c1cc(C#N)cc(C)n1. The van der Waals surface area contributed by atoms with Crippen molar-refractivity contribution in [3.05, 3.63) is 23.4 Å². The third-order valence-corrected chi connectivity index (χ3v) is 2.81. The molecule has 0 radical (unpaired) electrons. The third-order valence-electron chi connectivity index (χ3n) is 2.81. The van der Waals surface area contributed by atoms with E-state index in [1.54, 1.807) is 0 Å². The van der Waals surface area contributed by atoms with Crippen molar-refractivity contribution in [1.82, 2.24) is 9.88 Å². The number of anilines is 1. The molecule has 4 heteroatoms. The minimum Gasteiger partial charge on any atom is -0.357 e. The fourth-order valence-corrected chi connectivity index (χ4v) is 1.89. The van der Waals surface area contributed by atoms with Crippen LogP contribution in [0.4, 0.5) is 5.82 Å². The standard InChI is InChI=1S/C14H22N4/c1-5-18(8-6-7-17(3)4)14-10-13(11-15)9-12(2)16-14/h9-10H,5-8H2,1-4H3. The molecule has 0 amide bonds. The van der Waals surface area contributed by atoms with Crippen molar-refractivity contribution in [1.29, 1.82) is 5.26 Å². The monoisotopic (exact) mass is 246 g/mol. The van der Waals surface area contributed by atoms with Crippen LogP contribution in [0.5, 0.6) is 0 Å². The summed E-state index contributed by atoms with van der Waals surface area (Å²) in [6.45, 7) is 6.99. The van der Waals surface area contributed by atoms with E-state index >= 15 is 0 Å². The lowest BCUT2D eigenvalue weighted by Gasteiger charge is -2.23. The molecule has 0 aliphatic carbocycles. The van der Waals surface area contributed by atoms with Gasteiger partial charge in [-0.15, -0.1) is 0 Å². The van der Waals surface area contributed by atoms with Gasteiger partial charge in [0.25, 0.3) is 0 Å². The van der Waals surface area contributed by atoms with Crippen molar-refractivity contribution in [3.63, 3.8) is 0 Å². The fourth-order valence-electron chi connectivity index (χ4n) is 1.89. The zero-order valence-electron chi connectivity index (χ0n) is 11.8. The zero-order chi connectivity index (χ0) is 13.5. The summed E-state index contributed by atoms with van der Waals surface area (Å²) in [6.07, 6.45) is 1.10. The molecular weight excluding hydrogens is 224 g/mol. The van der Waals surface area contributed by atoms with Gasteiger partial charge in [-0.2, -0.15) is 5.26 Å². The Morgan fingerprint density at radius 2 is 2.00 bits per heavy atom. The molecule has 0 aliphatic rings. The number of nitriles is 1. The second kappa shape index (κ2) is 6.97. The number of hydrogen-bond donors (Lipinski definition) is 0. The van der Waals surface area contributed by atoms with Crippen LogP contribution in [-0.4, -0.2) is 43.6 Å². The van der Waals surface area contributed by atoms with Crippen LogP contribution in [0.3, 0.4) is 0 Å². The Hall–Kier alpha value is -1.60. The van der Waals surface area contributed by atoms with Gasteiger partial charge < -0.3 is 9.80 Å². The second-order valence-corrected chi connectivity index (χ2v) is 4.70. The Bertz CT molecular complexity index is 420. The average molecular weight is 246 g/mol. The average Bonchev–Trinajstić information content (AvgIpc) is 2.33. The molecule has 0 unspecified atom stereocenters. The van der Waals surface area contributed by atoms with Crippen LogP contribution in [0.25, 0.3) is 0 Å². The molecule has 1 aromatic heterocycles. The number of aromatic nitrogens is 1. The Kier molecular flexibility index (Phi) is 5.60. The molecule has 0 saturated heterocycles. The Morgan fingerprint density at radius 3 is 2.56 bits per heavy atom. The zero-order valence-corrected chi connectivity index (χ0v) is 11.8. The Labute approximate surface area is 110 Å². The summed E-state index contributed by atoms with van der Waals surface area (Å²) in [5.74, 6) is 0.910. The number of aryl methyl sites for hydroxylation is 1. The van der Waals surface area contributed by atoms with E-state index in [-0.39, 0.29) is 0 Å². The van der Waals surface area contributed by atoms with Crippen LogP contribution in [0, 0.1) is 18.3 Å². The first-order chi connectivity index (χ1) is 8.56. The molecule has 0 aromatic carbocycles. The fraction of sp³-hybridized carbons (Fsp3) is 0.571. The van der Waals surface area contributed by atoms with E-state index in [0.29, 0.717) is 5.56 Å². The predicted molar refractivity (Wildman–Crippen MR) is 74.7 cm³/mol. The topological polar surface area (TPSA) is 43.2 Å². The van der Waals surface area contributed by atoms with Crippen LogP contribution in [0.2, 0.25) is 0 Å². The summed E-state index contributed by atoms with van der Waals surface area (Å²) in [6, 6.07) is 5.87. The maximum atomic E-state index is 8.99. The van der Waals surface area contributed by atoms with Crippen molar-refractivity contribution in [3.8, 4) is 6.07 Å². The summed E-state index contributed by atoms with van der Waals surface area (Å²) >= 11 is 0. The second-order valence-electron chi connectivity index (χ2n) is 4.70. The molecule has 98 valence electrons. The van der Waals surface area contributed by atoms with E-state index in [0.717, 1.165) is 37.6 Å². The molecule has 18 heavy (non-hydrogen) atoms. The Balaban J connectivity index is 2.75. The van der Waals surface area contributed by atoms with Gasteiger partial charge >= 0.3 is 0 Å². The van der Waals surface area contributed by atoms with Crippen LogP contribution in [0.1, 0.15) is 24.6 Å². The lowest BCUT2D eigenvalue weighted by atomic mass is 10.2. The first-order valence-electron chi connectivity index (χ1n) is 6.35. The van der Waals surface area contributed by atoms with Gasteiger partial charge in [0.2, 0.25) is 0 Å². The third kappa shape index (κ3) is 4.34. The van der Waals surface area contributed by atoms with E-state index < -0.39 is 0 Å². The highest BCUT2D eigenvalue weighted by molar-refractivity contribution is 5.46. The van der Waals surface area contributed by atoms with Gasteiger partial charge in [-0.05, 0) is 53.0 Å². The summed E-state index contributed by atoms with van der Waals surface area (Å²) in [7, 11) is 4.16. The smallest absolute Gasteiger partial charge is 0.130 e. The lowest BCUT2D eigenvalue weighted by Crippen LogP contribution is -2.28. The van der Waals surface area contributed by atoms with E-state index in [4.69, 9.17) is 5.26 Å². The van der Waals surface area contributed by atoms with Crippen LogP contribution < -0.4 is 4.90 Å². The van der Waals surface area contributed by atoms with Gasteiger partial charge in [0.1, 0.15) is 5.82 Å². The molecule has 0 N–H and O–H groups in total. The quantitative estimate of drug-likeness (QED) is 0.770. The molecule has 0 fully saturated rings. The Morgan fingerprint density at radius 1 is 1.28 bits per heavy atom. The first-order valence-corrected chi connectivity index (χ1v) is 6.35. The highest BCUT2D eigenvalue weighted by Gasteiger charge is 2.08. The van der Waals surface area contributed by atoms with E-state index in [2.05, 4.69) is 41.9 Å². The molecule has 1 heterocycles. The number of pyridine rings is 1. The van der Waals surface area contributed by atoms with Gasteiger partial charge in [-0.3, -0.25) is 0 Å². The van der Waals surface area contributed by atoms with Crippen LogP contribution >= 0.6 is 0 Å². The van der Waals surface area contributed by atoms with E-state index in [1.807, 2.05) is 19.1 Å². The maximum absolute atomic E-state index is 8.99. The largest absolute Gasteiger partial charge is 0.357 e. The maximum Gasteiger partial charge on any atom is 0.130 e. The number of rotatable bonds is 6. The summed E-state index contributed by atoms with van der Waals surface area (Å²) < 4.78 is 0. The number of hydrogen-bond acceptors (Lipinski definition) is 4. The molecule has 1 rings (SSSR count). The minimum absolute atomic E-state index is 0.684. The van der Waals surface area contributed by atoms with Gasteiger partial charge in [0.05, 0.1) is 11.6 Å². The molecule has 4 nitrogen and oxygen atoms in total. The lowest BCUT2D eigenvalue weighted by molar-refractivity contribution is 0.400. The first kappa shape index (κ1) is 14.5. The predicted octanol–water partition coefficient (Wildman–Crippen LogP) is 2.04. The van der Waals surface area contributed by atoms with Crippen molar-refractivity contribution in [2.24, 2.45) is 0 Å². The van der Waals surface area contributed by atoms with Crippen LogP contribution in [-0.2, 0) is 0 Å².